The Kier molecular flexibility index (Phi) is 6.61. The minimum absolute atomic E-state index is 0.00470. The van der Waals surface area contributed by atoms with Crippen LogP contribution in [0.5, 0.6) is 5.75 Å². The number of carboxylic acids is 1. The molecule has 6 nitrogen and oxygen atoms in total. The van der Waals surface area contributed by atoms with Gasteiger partial charge in [0.2, 0.25) is 10.0 Å². The van der Waals surface area contributed by atoms with E-state index in [1.165, 1.54) is 13.8 Å². The van der Waals surface area contributed by atoms with Gasteiger partial charge in [-0.25, -0.2) is 13.2 Å². The molecule has 0 saturated carbocycles. The first-order valence-corrected chi connectivity index (χ1v) is 13.2. The minimum Gasteiger partial charge on any atom is -0.478 e. The number of nitrogens with zero attached hydrogens (tertiary/aromatic N) is 1. The van der Waals surface area contributed by atoms with E-state index in [1.807, 2.05) is 41.1 Å². The molecule has 1 atom stereocenters. The van der Waals surface area contributed by atoms with Gasteiger partial charge in [0.15, 0.2) is 5.60 Å². The van der Waals surface area contributed by atoms with Gasteiger partial charge in [0.25, 0.3) is 0 Å². The Labute approximate surface area is 198 Å². The fourth-order valence-corrected chi connectivity index (χ4v) is 6.25. The highest BCUT2D eigenvalue weighted by atomic mass is 32.2. The molecule has 174 valence electrons. The van der Waals surface area contributed by atoms with Crippen LogP contribution in [0.25, 0.3) is 11.1 Å². The molecule has 2 heterocycles. The SMILES string of the molecule is CC(C)(Oc1cccc(C2CCCN(S(=O)(=O)c3cccc(-c4ccsc4)c3)C2)c1)C(=O)O. The summed E-state index contributed by atoms with van der Waals surface area (Å²) in [7, 11) is -3.64. The molecule has 1 aliphatic rings. The van der Waals surface area contributed by atoms with Gasteiger partial charge in [-0.1, -0.05) is 24.3 Å². The van der Waals surface area contributed by atoms with Gasteiger partial charge in [0.1, 0.15) is 5.75 Å². The lowest BCUT2D eigenvalue weighted by Crippen LogP contribution is -2.39. The van der Waals surface area contributed by atoms with Crippen molar-refractivity contribution < 1.29 is 23.1 Å². The third-order valence-corrected chi connectivity index (χ3v) is 8.47. The monoisotopic (exact) mass is 485 g/mol. The average Bonchev–Trinajstić information content (AvgIpc) is 3.34. The molecule has 0 amide bonds. The number of carbonyl (C=O) groups is 1. The molecule has 8 heteroatoms. The van der Waals surface area contributed by atoms with E-state index in [0.717, 1.165) is 29.5 Å². The third kappa shape index (κ3) is 5.13. The molecule has 1 fully saturated rings. The number of sulfonamides is 1. The van der Waals surface area contributed by atoms with Crippen LogP contribution in [0.2, 0.25) is 0 Å². The number of aliphatic carboxylic acids is 1. The van der Waals surface area contributed by atoms with Crippen LogP contribution >= 0.6 is 11.3 Å². The molecule has 4 rings (SSSR count). The number of thiophene rings is 1. The molecule has 1 N–H and O–H groups in total. The van der Waals surface area contributed by atoms with Crippen LogP contribution in [0.4, 0.5) is 0 Å². The van der Waals surface area contributed by atoms with Crippen molar-refractivity contribution >= 4 is 27.3 Å². The van der Waals surface area contributed by atoms with Crippen molar-refractivity contribution in [3.8, 4) is 16.9 Å². The number of benzene rings is 2. The maximum atomic E-state index is 13.5. The van der Waals surface area contributed by atoms with Crippen LogP contribution in [0.1, 0.15) is 38.2 Å². The molecule has 33 heavy (non-hydrogen) atoms. The number of hydrogen-bond acceptors (Lipinski definition) is 5. The minimum atomic E-state index is -3.64. The Morgan fingerprint density at radius 2 is 1.91 bits per heavy atom. The molecule has 0 spiro atoms. The lowest BCUT2D eigenvalue weighted by Gasteiger charge is -2.32. The first kappa shape index (κ1) is 23.5. The van der Waals surface area contributed by atoms with Crippen molar-refractivity contribution in [1.82, 2.24) is 4.31 Å². The van der Waals surface area contributed by atoms with Crippen LogP contribution in [-0.2, 0) is 14.8 Å². The second-order valence-corrected chi connectivity index (χ2v) is 11.5. The first-order chi connectivity index (χ1) is 15.7. The van der Waals surface area contributed by atoms with Crippen molar-refractivity contribution in [1.29, 1.82) is 0 Å². The van der Waals surface area contributed by atoms with Crippen LogP contribution in [-0.4, -0.2) is 42.5 Å². The zero-order chi connectivity index (χ0) is 23.6. The molecule has 2 aromatic carbocycles. The molecule has 1 aromatic heterocycles. The molecule has 1 unspecified atom stereocenters. The van der Waals surface area contributed by atoms with Gasteiger partial charge in [-0.05, 0) is 90.4 Å². The predicted octanol–water partition coefficient (Wildman–Crippen LogP) is 5.23. The van der Waals surface area contributed by atoms with E-state index < -0.39 is 21.6 Å². The van der Waals surface area contributed by atoms with Crippen LogP contribution in [0.15, 0.2) is 70.3 Å². The topological polar surface area (TPSA) is 83.9 Å². The Hall–Kier alpha value is -2.68. The van der Waals surface area contributed by atoms with Crippen molar-refractivity contribution in [2.75, 3.05) is 13.1 Å². The summed E-state index contributed by atoms with van der Waals surface area (Å²) in [4.78, 5) is 11.7. The maximum Gasteiger partial charge on any atom is 0.347 e. The highest BCUT2D eigenvalue weighted by molar-refractivity contribution is 7.89. The maximum absolute atomic E-state index is 13.5. The third-order valence-electron chi connectivity index (χ3n) is 5.93. The van der Waals surface area contributed by atoms with E-state index >= 15 is 0 Å². The quantitative estimate of drug-likeness (QED) is 0.496. The second-order valence-electron chi connectivity index (χ2n) is 8.73. The largest absolute Gasteiger partial charge is 0.478 e. The van der Waals surface area contributed by atoms with Crippen LogP contribution < -0.4 is 4.74 Å². The van der Waals surface area contributed by atoms with Crippen LogP contribution in [0, 0.1) is 0 Å². The van der Waals surface area contributed by atoms with Crippen LogP contribution in [0.3, 0.4) is 0 Å². The number of ether oxygens (including phenoxy) is 1. The summed E-state index contributed by atoms with van der Waals surface area (Å²) in [6.07, 6.45) is 1.60. The average molecular weight is 486 g/mol. The Bertz CT molecular complexity index is 1240. The van der Waals surface area contributed by atoms with Crippen molar-refractivity contribution in [3.05, 3.63) is 70.9 Å². The number of carboxylic acid groups (broad SMARTS) is 1. The van der Waals surface area contributed by atoms with E-state index in [1.54, 1.807) is 39.9 Å². The predicted molar refractivity (Wildman–Crippen MR) is 129 cm³/mol. The van der Waals surface area contributed by atoms with Crippen molar-refractivity contribution in [3.63, 3.8) is 0 Å². The summed E-state index contributed by atoms with van der Waals surface area (Å²) < 4.78 is 34.1. The van der Waals surface area contributed by atoms with Crippen molar-refractivity contribution in [2.24, 2.45) is 0 Å². The fraction of sp³-hybridized carbons (Fsp3) is 0.320. The molecule has 3 aromatic rings. The summed E-state index contributed by atoms with van der Waals surface area (Å²) in [5, 5.41) is 13.3. The molecule has 0 radical (unpaired) electrons. The lowest BCUT2D eigenvalue weighted by molar-refractivity contribution is -0.152. The van der Waals surface area contributed by atoms with E-state index in [0.29, 0.717) is 23.7 Å². The Morgan fingerprint density at radius 1 is 1.12 bits per heavy atom. The van der Waals surface area contributed by atoms with Gasteiger partial charge in [-0.3, -0.25) is 0 Å². The Balaban J connectivity index is 1.55. The van der Waals surface area contributed by atoms with Crippen molar-refractivity contribution in [2.45, 2.75) is 43.1 Å². The molecule has 0 aliphatic carbocycles. The normalized spacial score (nSPS) is 17.6. The van der Waals surface area contributed by atoms with Gasteiger partial charge in [-0.15, -0.1) is 0 Å². The summed E-state index contributed by atoms with van der Waals surface area (Å²) in [6.45, 7) is 3.85. The fourth-order valence-electron chi connectivity index (χ4n) is 4.02. The number of rotatable bonds is 7. The molecular formula is C25H27NO5S2. The van der Waals surface area contributed by atoms with E-state index in [4.69, 9.17) is 4.74 Å². The second kappa shape index (κ2) is 9.29. The highest BCUT2D eigenvalue weighted by Crippen LogP contribution is 2.33. The molecule has 1 aliphatic heterocycles. The molecule has 0 bridgehead atoms. The van der Waals surface area contributed by atoms with Gasteiger partial charge >= 0.3 is 5.97 Å². The van der Waals surface area contributed by atoms with Gasteiger partial charge in [-0.2, -0.15) is 15.6 Å². The molecular weight excluding hydrogens is 458 g/mol. The highest BCUT2D eigenvalue weighted by Gasteiger charge is 2.32. The smallest absolute Gasteiger partial charge is 0.347 e. The lowest BCUT2D eigenvalue weighted by atomic mass is 9.91. The summed E-state index contributed by atoms with van der Waals surface area (Å²) in [6, 6.07) is 16.4. The zero-order valence-corrected chi connectivity index (χ0v) is 20.2. The summed E-state index contributed by atoms with van der Waals surface area (Å²) in [5.74, 6) is -0.582. The van der Waals surface area contributed by atoms with Gasteiger partial charge < -0.3 is 9.84 Å². The Morgan fingerprint density at radius 3 is 2.64 bits per heavy atom. The number of hydrogen-bond donors (Lipinski definition) is 1. The van der Waals surface area contributed by atoms with E-state index in [2.05, 4.69) is 0 Å². The first-order valence-electron chi connectivity index (χ1n) is 10.8. The standard InChI is InChI=1S/C25H27NO5S2/c1-25(2,24(27)28)31-22-9-3-6-18(14-22)20-8-5-12-26(16-20)33(29,30)23-10-4-7-19(15-23)21-11-13-32-17-21/h3-4,6-7,9-11,13-15,17,20H,5,8,12,16H2,1-2H3,(H,27,28). The zero-order valence-electron chi connectivity index (χ0n) is 18.6. The number of piperidine rings is 1. The summed E-state index contributed by atoms with van der Waals surface area (Å²) >= 11 is 1.58. The summed E-state index contributed by atoms with van der Waals surface area (Å²) in [5.41, 5.74) is 1.49. The van der Waals surface area contributed by atoms with Gasteiger partial charge in [0, 0.05) is 13.1 Å². The van der Waals surface area contributed by atoms with E-state index in [9.17, 15) is 18.3 Å². The van der Waals surface area contributed by atoms with Gasteiger partial charge in [0.05, 0.1) is 4.90 Å². The molecule has 1 saturated heterocycles. The van der Waals surface area contributed by atoms with E-state index in [-0.39, 0.29) is 5.92 Å².